The molecule has 0 saturated carbocycles. The summed E-state index contributed by atoms with van der Waals surface area (Å²) in [6.07, 6.45) is 2.60. The van der Waals surface area contributed by atoms with Gasteiger partial charge in [-0.1, -0.05) is 12.1 Å². The maximum atomic E-state index is 10.8. The van der Waals surface area contributed by atoms with Crippen LogP contribution in [0.2, 0.25) is 0 Å². The summed E-state index contributed by atoms with van der Waals surface area (Å²) >= 11 is 0. The highest BCUT2D eigenvalue weighted by atomic mass is 16.6. The molecule has 2 unspecified atom stereocenters. The molecule has 1 aromatic rings. The SMILES string of the molecule is CC(CN1CCCC1)NC(C)c1cccc([N+](=O)[O-])c1. The van der Waals surface area contributed by atoms with Gasteiger partial charge < -0.3 is 10.2 Å². The summed E-state index contributed by atoms with van der Waals surface area (Å²) in [7, 11) is 0. The van der Waals surface area contributed by atoms with E-state index < -0.39 is 0 Å². The number of rotatable bonds is 6. The third kappa shape index (κ3) is 4.02. The van der Waals surface area contributed by atoms with Gasteiger partial charge in [-0.05, 0) is 45.3 Å². The summed E-state index contributed by atoms with van der Waals surface area (Å²) < 4.78 is 0. The number of hydrogen-bond acceptors (Lipinski definition) is 4. The monoisotopic (exact) mass is 277 g/mol. The van der Waals surface area contributed by atoms with Crippen molar-refractivity contribution in [1.29, 1.82) is 0 Å². The fraction of sp³-hybridized carbons (Fsp3) is 0.600. The molecule has 0 aliphatic carbocycles. The van der Waals surface area contributed by atoms with Crippen molar-refractivity contribution in [2.75, 3.05) is 19.6 Å². The molecule has 0 radical (unpaired) electrons. The van der Waals surface area contributed by atoms with Gasteiger partial charge in [0.2, 0.25) is 0 Å². The van der Waals surface area contributed by atoms with Crippen molar-refractivity contribution >= 4 is 5.69 Å². The second-order valence-corrected chi connectivity index (χ2v) is 5.65. The molecule has 0 aromatic heterocycles. The number of hydrogen-bond donors (Lipinski definition) is 1. The Morgan fingerprint density at radius 1 is 1.35 bits per heavy atom. The van der Waals surface area contributed by atoms with E-state index in [0.29, 0.717) is 6.04 Å². The summed E-state index contributed by atoms with van der Waals surface area (Å²) in [5.41, 5.74) is 1.12. The first kappa shape index (κ1) is 14.9. The molecule has 1 aliphatic heterocycles. The molecule has 1 aliphatic rings. The summed E-state index contributed by atoms with van der Waals surface area (Å²) in [4.78, 5) is 12.9. The van der Waals surface area contributed by atoms with E-state index in [9.17, 15) is 10.1 Å². The molecule has 20 heavy (non-hydrogen) atoms. The van der Waals surface area contributed by atoms with Crippen LogP contribution in [0.25, 0.3) is 0 Å². The van der Waals surface area contributed by atoms with Gasteiger partial charge in [-0.25, -0.2) is 0 Å². The molecule has 1 aromatic carbocycles. The number of nitro benzene ring substituents is 1. The molecule has 1 fully saturated rings. The van der Waals surface area contributed by atoms with Crippen molar-refractivity contribution in [3.63, 3.8) is 0 Å². The maximum absolute atomic E-state index is 10.8. The highest BCUT2D eigenvalue weighted by Crippen LogP contribution is 2.19. The normalized spacial score (nSPS) is 18.9. The first-order valence-corrected chi connectivity index (χ1v) is 7.29. The van der Waals surface area contributed by atoms with Gasteiger partial charge in [0.25, 0.3) is 5.69 Å². The van der Waals surface area contributed by atoms with Gasteiger partial charge in [0.15, 0.2) is 0 Å². The number of likely N-dealkylation sites (tertiary alicyclic amines) is 1. The first-order valence-electron chi connectivity index (χ1n) is 7.29. The molecule has 5 nitrogen and oxygen atoms in total. The third-order valence-corrected chi connectivity index (χ3v) is 3.85. The molecule has 5 heteroatoms. The van der Waals surface area contributed by atoms with E-state index in [1.807, 2.05) is 6.07 Å². The van der Waals surface area contributed by atoms with Gasteiger partial charge in [0.05, 0.1) is 4.92 Å². The zero-order valence-corrected chi connectivity index (χ0v) is 12.2. The fourth-order valence-corrected chi connectivity index (χ4v) is 2.84. The summed E-state index contributed by atoms with van der Waals surface area (Å²) in [6.45, 7) is 7.65. The Morgan fingerprint density at radius 2 is 2.05 bits per heavy atom. The van der Waals surface area contributed by atoms with E-state index in [2.05, 4.69) is 24.1 Å². The quantitative estimate of drug-likeness (QED) is 0.641. The third-order valence-electron chi connectivity index (χ3n) is 3.85. The topological polar surface area (TPSA) is 58.4 Å². The van der Waals surface area contributed by atoms with Crippen LogP contribution in [0.4, 0.5) is 5.69 Å². The summed E-state index contributed by atoms with van der Waals surface area (Å²) in [5, 5.41) is 14.3. The number of nitro groups is 1. The molecule has 0 spiro atoms. The molecule has 0 amide bonds. The van der Waals surface area contributed by atoms with Crippen LogP contribution in [-0.2, 0) is 0 Å². The standard InChI is InChI=1S/C15H23N3O2/c1-12(11-17-8-3-4-9-17)16-13(2)14-6-5-7-15(10-14)18(19)20/h5-7,10,12-13,16H,3-4,8-9,11H2,1-2H3. The Morgan fingerprint density at radius 3 is 2.70 bits per heavy atom. The number of nitrogens with zero attached hydrogens (tertiary/aromatic N) is 2. The number of non-ortho nitro benzene ring substituents is 1. The Bertz CT molecular complexity index is 458. The van der Waals surface area contributed by atoms with Crippen LogP contribution in [0.15, 0.2) is 24.3 Å². The minimum Gasteiger partial charge on any atom is -0.306 e. The number of benzene rings is 1. The number of nitrogens with one attached hydrogen (secondary N) is 1. The van der Waals surface area contributed by atoms with Crippen LogP contribution in [-0.4, -0.2) is 35.5 Å². The van der Waals surface area contributed by atoms with Crippen LogP contribution >= 0.6 is 0 Å². The Labute approximate surface area is 120 Å². The van der Waals surface area contributed by atoms with Crippen molar-refractivity contribution < 1.29 is 4.92 Å². The van der Waals surface area contributed by atoms with Gasteiger partial charge >= 0.3 is 0 Å². The fourth-order valence-electron chi connectivity index (χ4n) is 2.84. The summed E-state index contributed by atoms with van der Waals surface area (Å²) in [6, 6.07) is 7.36. The average Bonchev–Trinajstić information content (AvgIpc) is 2.91. The molecule has 2 rings (SSSR count). The first-order chi connectivity index (χ1) is 9.56. The smallest absolute Gasteiger partial charge is 0.269 e. The van der Waals surface area contributed by atoms with Crippen LogP contribution in [0, 0.1) is 10.1 Å². The van der Waals surface area contributed by atoms with Crippen LogP contribution in [0.1, 0.15) is 38.3 Å². The summed E-state index contributed by atoms with van der Waals surface area (Å²) in [5.74, 6) is 0. The second-order valence-electron chi connectivity index (χ2n) is 5.65. The molecule has 110 valence electrons. The molecular formula is C15H23N3O2. The van der Waals surface area contributed by atoms with Gasteiger partial charge in [0.1, 0.15) is 0 Å². The zero-order chi connectivity index (χ0) is 14.5. The molecule has 1 heterocycles. The van der Waals surface area contributed by atoms with E-state index in [0.717, 1.165) is 12.1 Å². The van der Waals surface area contributed by atoms with Crippen molar-refractivity contribution in [2.45, 2.75) is 38.8 Å². The van der Waals surface area contributed by atoms with Gasteiger partial charge in [-0.3, -0.25) is 10.1 Å². The molecule has 1 saturated heterocycles. The highest BCUT2D eigenvalue weighted by Gasteiger charge is 2.17. The minimum absolute atomic E-state index is 0.118. The van der Waals surface area contributed by atoms with Gasteiger partial charge in [-0.15, -0.1) is 0 Å². The highest BCUT2D eigenvalue weighted by molar-refractivity contribution is 5.35. The molecule has 1 N–H and O–H groups in total. The lowest BCUT2D eigenvalue weighted by Gasteiger charge is -2.24. The Balaban J connectivity index is 1.91. The van der Waals surface area contributed by atoms with Crippen molar-refractivity contribution in [3.8, 4) is 0 Å². The average molecular weight is 277 g/mol. The van der Waals surface area contributed by atoms with Crippen LogP contribution < -0.4 is 5.32 Å². The van der Waals surface area contributed by atoms with Crippen molar-refractivity contribution in [3.05, 3.63) is 39.9 Å². The van der Waals surface area contributed by atoms with E-state index in [1.54, 1.807) is 12.1 Å². The van der Waals surface area contributed by atoms with Crippen molar-refractivity contribution in [2.24, 2.45) is 0 Å². The lowest BCUT2D eigenvalue weighted by atomic mass is 10.1. The zero-order valence-electron chi connectivity index (χ0n) is 12.2. The van der Waals surface area contributed by atoms with Gasteiger partial charge in [0, 0.05) is 30.8 Å². The van der Waals surface area contributed by atoms with E-state index in [-0.39, 0.29) is 16.7 Å². The lowest BCUT2D eigenvalue weighted by Crippen LogP contribution is -2.39. The minimum atomic E-state index is -0.343. The predicted octanol–water partition coefficient (Wildman–Crippen LogP) is 2.73. The molecular weight excluding hydrogens is 254 g/mol. The van der Waals surface area contributed by atoms with Crippen molar-refractivity contribution in [1.82, 2.24) is 10.2 Å². The lowest BCUT2D eigenvalue weighted by molar-refractivity contribution is -0.384. The Hall–Kier alpha value is -1.46. The van der Waals surface area contributed by atoms with Crippen LogP contribution in [0.5, 0.6) is 0 Å². The molecule has 0 bridgehead atoms. The van der Waals surface area contributed by atoms with Crippen LogP contribution in [0.3, 0.4) is 0 Å². The second kappa shape index (κ2) is 6.81. The predicted molar refractivity (Wildman–Crippen MR) is 79.8 cm³/mol. The molecule has 2 atom stereocenters. The van der Waals surface area contributed by atoms with E-state index >= 15 is 0 Å². The largest absolute Gasteiger partial charge is 0.306 e. The maximum Gasteiger partial charge on any atom is 0.269 e. The van der Waals surface area contributed by atoms with Gasteiger partial charge in [-0.2, -0.15) is 0 Å². The van der Waals surface area contributed by atoms with E-state index in [1.165, 1.54) is 32.0 Å². The van der Waals surface area contributed by atoms with E-state index in [4.69, 9.17) is 0 Å². The Kier molecular flexibility index (Phi) is 5.09.